The van der Waals surface area contributed by atoms with Crippen molar-refractivity contribution in [3.05, 3.63) is 35.6 Å². The number of rotatable bonds is 5. The summed E-state index contributed by atoms with van der Waals surface area (Å²) in [4.78, 5) is 10.3. The molecule has 0 amide bonds. The monoisotopic (exact) mass is 265 g/mol. The van der Waals surface area contributed by atoms with Gasteiger partial charge in [0, 0.05) is 18.7 Å². The van der Waals surface area contributed by atoms with Gasteiger partial charge in [-0.25, -0.2) is 9.18 Å². The number of hydrogen-bond donors (Lipinski definition) is 1. The second-order valence-corrected chi connectivity index (χ2v) is 3.40. The van der Waals surface area contributed by atoms with Crippen molar-refractivity contribution >= 4 is 5.97 Å². The van der Waals surface area contributed by atoms with Gasteiger partial charge in [-0.05, 0) is 6.07 Å². The highest BCUT2D eigenvalue weighted by Gasteiger charge is 2.40. The molecule has 0 saturated carbocycles. The van der Waals surface area contributed by atoms with Crippen LogP contribution in [-0.2, 0) is 16.1 Å². The molecule has 0 radical (unpaired) electrons. The fourth-order valence-corrected chi connectivity index (χ4v) is 1.16. The summed E-state index contributed by atoms with van der Waals surface area (Å²) in [5.41, 5.74) is 0.389. The Morgan fingerprint density at radius 1 is 1.28 bits per heavy atom. The Hall–Kier alpha value is -1.63. The topological polar surface area (TPSA) is 38.3 Å². The van der Waals surface area contributed by atoms with E-state index in [1.165, 1.54) is 12.1 Å². The summed E-state index contributed by atoms with van der Waals surface area (Å²) in [6.07, 6.45) is -4.98. The molecule has 18 heavy (non-hydrogen) atoms. The Morgan fingerprint density at radius 3 is 2.56 bits per heavy atom. The van der Waals surface area contributed by atoms with E-state index >= 15 is 0 Å². The number of ether oxygens (including phenoxy) is 1. The van der Waals surface area contributed by atoms with Crippen LogP contribution in [0.15, 0.2) is 24.3 Å². The van der Waals surface area contributed by atoms with Gasteiger partial charge in [0.25, 0.3) is 0 Å². The van der Waals surface area contributed by atoms with Crippen LogP contribution in [0.4, 0.5) is 17.6 Å². The fraction of sp³-hybridized carbons (Fsp3) is 0.364. The van der Waals surface area contributed by atoms with Gasteiger partial charge in [-0.2, -0.15) is 13.2 Å². The molecule has 0 fully saturated rings. The van der Waals surface area contributed by atoms with Crippen LogP contribution in [0.3, 0.4) is 0 Å². The standard InChI is InChI=1S/C11H11F4NO2/c12-9-4-2-1-3-8(9)7-16-5-6-18-10(17)11(13,14)15/h1-4,16H,5-7H2. The third-order valence-corrected chi connectivity index (χ3v) is 2.02. The van der Waals surface area contributed by atoms with Crippen LogP contribution in [0.5, 0.6) is 0 Å². The average molecular weight is 265 g/mol. The molecule has 7 heteroatoms. The van der Waals surface area contributed by atoms with Gasteiger partial charge < -0.3 is 10.1 Å². The number of alkyl halides is 3. The van der Waals surface area contributed by atoms with E-state index in [2.05, 4.69) is 10.1 Å². The van der Waals surface area contributed by atoms with Gasteiger partial charge in [0.05, 0.1) is 0 Å². The van der Waals surface area contributed by atoms with E-state index in [1.54, 1.807) is 12.1 Å². The number of esters is 1. The Kier molecular flexibility index (Phi) is 5.08. The summed E-state index contributed by atoms with van der Waals surface area (Å²) in [6, 6.07) is 6.00. The first kappa shape index (κ1) is 14.4. The smallest absolute Gasteiger partial charge is 0.458 e. The van der Waals surface area contributed by atoms with E-state index in [1.807, 2.05) is 0 Å². The molecule has 0 aromatic heterocycles. The fourth-order valence-electron chi connectivity index (χ4n) is 1.16. The lowest BCUT2D eigenvalue weighted by Crippen LogP contribution is -2.29. The highest BCUT2D eigenvalue weighted by Crippen LogP contribution is 2.16. The molecule has 1 aromatic rings. The Balaban J connectivity index is 2.20. The SMILES string of the molecule is O=C(OCCNCc1ccccc1F)C(F)(F)F. The molecule has 0 aliphatic rings. The van der Waals surface area contributed by atoms with Gasteiger partial charge in [-0.3, -0.25) is 0 Å². The number of carbonyl (C=O) groups excluding carboxylic acids is 1. The number of carbonyl (C=O) groups is 1. The van der Waals surface area contributed by atoms with Crippen LogP contribution in [0, 0.1) is 5.82 Å². The molecule has 100 valence electrons. The molecule has 0 unspecified atom stereocenters. The molecule has 0 aliphatic heterocycles. The van der Waals surface area contributed by atoms with Crippen molar-refractivity contribution in [1.29, 1.82) is 0 Å². The molecule has 0 bridgehead atoms. The lowest BCUT2D eigenvalue weighted by atomic mass is 10.2. The average Bonchev–Trinajstić information content (AvgIpc) is 2.29. The maximum absolute atomic E-state index is 13.1. The summed E-state index contributed by atoms with van der Waals surface area (Å²) < 4.78 is 52.3. The molecule has 0 heterocycles. The number of hydrogen-bond acceptors (Lipinski definition) is 3. The molecule has 1 aromatic carbocycles. The minimum Gasteiger partial charge on any atom is -0.458 e. The van der Waals surface area contributed by atoms with Gasteiger partial charge in [-0.1, -0.05) is 18.2 Å². The third kappa shape index (κ3) is 4.70. The first-order valence-corrected chi connectivity index (χ1v) is 5.09. The van der Waals surface area contributed by atoms with Crippen LogP contribution in [0.25, 0.3) is 0 Å². The highest BCUT2D eigenvalue weighted by atomic mass is 19.4. The molecule has 1 rings (SSSR count). The van der Waals surface area contributed by atoms with Crippen molar-refractivity contribution < 1.29 is 27.1 Å². The molecule has 1 N–H and O–H groups in total. The van der Waals surface area contributed by atoms with Crippen molar-refractivity contribution in [2.24, 2.45) is 0 Å². The van der Waals surface area contributed by atoms with E-state index in [-0.39, 0.29) is 13.1 Å². The molecule has 0 aliphatic carbocycles. The Bertz CT molecular complexity index is 406. The Morgan fingerprint density at radius 2 is 1.94 bits per heavy atom. The zero-order chi connectivity index (χ0) is 13.6. The predicted octanol–water partition coefficient (Wildman–Crippen LogP) is 2.02. The molecule has 0 saturated heterocycles. The van der Waals surface area contributed by atoms with Gasteiger partial charge in [0.15, 0.2) is 0 Å². The largest absolute Gasteiger partial charge is 0.490 e. The third-order valence-electron chi connectivity index (χ3n) is 2.02. The van der Waals surface area contributed by atoms with Crippen molar-refractivity contribution in [3.63, 3.8) is 0 Å². The van der Waals surface area contributed by atoms with Crippen LogP contribution < -0.4 is 5.32 Å². The number of halogens is 4. The summed E-state index contributed by atoms with van der Waals surface area (Å²) in [5.74, 6) is -2.63. The van der Waals surface area contributed by atoms with E-state index in [4.69, 9.17) is 0 Å². The summed E-state index contributed by atoms with van der Waals surface area (Å²) in [6.45, 7) is -0.265. The maximum atomic E-state index is 13.1. The normalized spacial score (nSPS) is 11.3. The second kappa shape index (κ2) is 6.34. The van der Waals surface area contributed by atoms with E-state index in [9.17, 15) is 22.4 Å². The van der Waals surface area contributed by atoms with E-state index in [0.29, 0.717) is 5.56 Å². The van der Waals surface area contributed by atoms with Crippen LogP contribution in [0.1, 0.15) is 5.56 Å². The van der Waals surface area contributed by atoms with Crippen LogP contribution in [-0.4, -0.2) is 25.3 Å². The van der Waals surface area contributed by atoms with E-state index < -0.39 is 24.6 Å². The Labute approximate surface area is 101 Å². The zero-order valence-corrected chi connectivity index (χ0v) is 9.26. The summed E-state index contributed by atoms with van der Waals surface area (Å²) in [5, 5.41) is 2.66. The number of nitrogens with one attached hydrogen (secondary N) is 1. The van der Waals surface area contributed by atoms with Crippen LogP contribution >= 0.6 is 0 Å². The molecule has 3 nitrogen and oxygen atoms in total. The predicted molar refractivity (Wildman–Crippen MR) is 55.1 cm³/mol. The van der Waals surface area contributed by atoms with Crippen molar-refractivity contribution in [2.45, 2.75) is 12.7 Å². The first-order valence-electron chi connectivity index (χ1n) is 5.09. The minimum atomic E-state index is -4.98. The van der Waals surface area contributed by atoms with Crippen molar-refractivity contribution in [1.82, 2.24) is 5.32 Å². The quantitative estimate of drug-likeness (QED) is 0.503. The molecular formula is C11H11F4NO2. The molecule has 0 spiro atoms. The van der Waals surface area contributed by atoms with Gasteiger partial charge in [0.1, 0.15) is 12.4 Å². The van der Waals surface area contributed by atoms with Crippen LogP contribution in [0.2, 0.25) is 0 Å². The van der Waals surface area contributed by atoms with E-state index in [0.717, 1.165) is 0 Å². The lowest BCUT2D eigenvalue weighted by Gasteiger charge is -2.08. The highest BCUT2D eigenvalue weighted by molar-refractivity contribution is 5.75. The number of benzene rings is 1. The second-order valence-electron chi connectivity index (χ2n) is 3.40. The minimum absolute atomic E-state index is 0.0101. The first-order chi connectivity index (χ1) is 8.41. The summed E-state index contributed by atoms with van der Waals surface area (Å²) in [7, 11) is 0. The maximum Gasteiger partial charge on any atom is 0.490 e. The molecular weight excluding hydrogens is 254 g/mol. The lowest BCUT2D eigenvalue weighted by molar-refractivity contribution is -0.199. The van der Waals surface area contributed by atoms with Gasteiger partial charge >= 0.3 is 12.1 Å². The summed E-state index contributed by atoms with van der Waals surface area (Å²) >= 11 is 0. The van der Waals surface area contributed by atoms with Gasteiger partial charge in [0.2, 0.25) is 0 Å². The van der Waals surface area contributed by atoms with Crippen molar-refractivity contribution in [2.75, 3.05) is 13.2 Å². The van der Waals surface area contributed by atoms with Gasteiger partial charge in [-0.15, -0.1) is 0 Å². The van der Waals surface area contributed by atoms with Crippen molar-refractivity contribution in [3.8, 4) is 0 Å². The molecule has 0 atom stereocenters. The zero-order valence-electron chi connectivity index (χ0n) is 9.26.